The third-order valence-corrected chi connectivity index (χ3v) is 8.68. The maximum Gasteiger partial charge on any atom is 0.326 e. The van der Waals surface area contributed by atoms with Crippen LogP contribution >= 0.6 is 11.3 Å². The van der Waals surface area contributed by atoms with Gasteiger partial charge < -0.3 is 20.1 Å². The molecule has 212 valence electrons. The Balaban J connectivity index is 1.02. The minimum atomic E-state index is -0.305. The number of aromatic nitrogens is 3. The summed E-state index contributed by atoms with van der Waals surface area (Å²) in [6.45, 7) is 2.98. The third kappa shape index (κ3) is 5.81. The fourth-order valence-electron chi connectivity index (χ4n) is 5.56. The van der Waals surface area contributed by atoms with Crippen LogP contribution in [-0.4, -0.2) is 67.7 Å². The molecule has 1 saturated heterocycles. The second kappa shape index (κ2) is 11.3. The number of piperidine rings is 1. The van der Waals surface area contributed by atoms with Gasteiger partial charge in [0.25, 0.3) is 5.91 Å². The van der Waals surface area contributed by atoms with E-state index in [2.05, 4.69) is 15.3 Å². The average Bonchev–Trinajstić information content (AvgIpc) is 3.63. The van der Waals surface area contributed by atoms with E-state index in [0.717, 1.165) is 29.4 Å². The van der Waals surface area contributed by atoms with Crippen molar-refractivity contribution in [1.82, 2.24) is 24.3 Å². The average molecular weight is 573 g/mol. The summed E-state index contributed by atoms with van der Waals surface area (Å²) in [7, 11) is 0. The predicted molar refractivity (Wildman–Crippen MR) is 157 cm³/mol. The number of imidazole rings is 1. The van der Waals surface area contributed by atoms with E-state index < -0.39 is 0 Å². The molecule has 2 N–H and O–H groups in total. The maximum atomic E-state index is 13.1. The maximum absolute atomic E-state index is 13.1. The molecule has 2 fully saturated rings. The van der Waals surface area contributed by atoms with Gasteiger partial charge in [-0.05, 0) is 56.4 Å². The number of anilines is 1. The summed E-state index contributed by atoms with van der Waals surface area (Å²) < 4.78 is 1.81. The molecule has 0 unspecified atom stereocenters. The van der Waals surface area contributed by atoms with Gasteiger partial charge in [-0.25, -0.2) is 9.78 Å². The van der Waals surface area contributed by atoms with E-state index in [4.69, 9.17) is 0 Å². The number of amides is 3. The fourth-order valence-corrected chi connectivity index (χ4v) is 6.28. The SMILES string of the molecule is Cc1ccccc1C(=O)N(CC(=O)Nc1nc(CC(=O)N2CCC(n3c(=O)[nH]c4ccccc43)CC2)cs1)C1CC1. The smallest absolute Gasteiger partial charge is 0.326 e. The highest BCUT2D eigenvalue weighted by Crippen LogP contribution is 2.29. The van der Waals surface area contributed by atoms with Crippen molar-refractivity contribution in [3.8, 4) is 0 Å². The largest absolute Gasteiger partial charge is 0.342 e. The Kier molecular flexibility index (Phi) is 7.44. The van der Waals surface area contributed by atoms with Crippen LogP contribution in [0.25, 0.3) is 11.0 Å². The molecule has 6 rings (SSSR count). The first-order valence-corrected chi connectivity index (χ1v) is 14.8. The number of aromatic amines is 1. The van der Waals surface area contributed by atoms with Gasteiger partial charge in [0.1, 0.15) is 6.54 Å². The lowest BCUT2D eigenvalue weighted by Crippen LogP contribution is -2.41. The van der Waals surface area contributed by atoms with E-state index in [1.807, 2.05) is 58.9 Å². The molecule has 2 aromatic heterocycles. The second-order valence-corrected chi connectivity index (χ2v) is 11.6. The van der Waals surface area contributed by atoms with E-state index in [1.54, 1.807) is 16.3 Å². The molecule has 1 saturated carbocycles. The number of carbonyl (C=O) groups is 3. The van der Waals surface area contributed by atoms with Crippen LogP contribution in [0.1, 0.15) is 53.3 Å². The van der Waals surface area contributed by atoms with E-state index in [0.29, 0.717) is 42.3 Å². The zero-order valence-electron chi connectivity index (χ0n) is 22.8. The topological polar surface area (TPSA) is 120 Å². The summed E-state index contributed by atoms with van der Waals surface area (Å²) in [5.41, 5.74) is 3.68. The molecule has 3 amide bonds. The van der Waals surface area contributed by atoms with Crippen LogP contribution < -0.4 is 11.0 Å². The van der Waals surface area contributed by atoms with Crippen LogP contribution in [0.2, 0.25) is 0 Å². The van der Waals surface area contributed by atoms with Gasteiger partial charge in [-0.15, -0.1) is 11.3 Å². The lowest BCUT2D eigenvalue weighted by Gasteiger charge is -2.32. The summed E-state index contributed by atoms with van der Waals surface area (Å²) in [5.74, 6) is -0.466. The highest BCUT2D eigenvalue weighted by Gasteiger charge is 2.35. The number of H-pyrrole nitrogens is 1. The number of nitrogens with one attached hydrogen (secondary N) is 2. The first-order valence-electron chi connectivity index (χ1n) is 14.0. The molecule has 2 aliphatic rings. The van der Waals surface area contributed by atoms with Gasteiger partial charge in [-0.3, -0.25) is 19.0 Å². The Morgan fingerprint density at radius 2 is 1.78 bits per heavy atom. The number of rotatable bonds is 8. The highest BCUT2D eigenvalue weighted by atomic mass is 32.1. The van der Waals surface area contributed by atoms with E-state index in [1.165, 1.54) is 11.3 Å². The molecule has 4 aromatic rings. The van der Waals surface area contributed by atoms with Crippen molar-refractivity contribution in [2.75, 3.05) is 25.0 Å². The molecule has 1 aliphatic heterocycles. The normalized spacial score (nSPS) is 15.7. The second-order valence-electron chi connectivity index (χ2n) is 10.8. The Morgan fingerprint density at radius 1 is 1.05 bits per heavy atom. The summed E-state index contributed by atoms with van der Waals surface area (Å²) in [4.78, 5) is 62.4. The van der Waals surface area contributed by atoms with E-state index in [9.17, 15) is 19.2 Å². The monoisotopic (exact) mass is 572 g/mol. The number of hydrogen-bond donors (Lipinski definition) is 2. The van der Waals surface area contributed by atoms with Gasteiger partial charge in [0.05, 0.1) is 23.1 Å². The van der Waals surface area contributed by atoms with Crippen LogP contribution in [0.15, 0.2) is 58.7 Å². The molecular formula is C30H32N6O4S. The zero-order valence-corrected chi connectivity index (χ0v) is 23.7. The van der Waals surface area contributed by atoms with E-state index >= 15 is 0 Å². The number of aryl methyl sites for hydroxylation is 1. The van der Waals surface area contributed by atoms with Crippen LogP contribution in [0.3, 0.4) is 0 Å². The van der Waals surface area contributed by atoms with Gasteiger partial charge in [0.15, 0.2) is 5.13 Å². The molecule has 10 nitrogen and oxygen atoms in total. The van der Waals surface area contributed by atoms with Crippen LogP contribution in [-0.2, 0) is 16.0 Å². The number of nitrogens with zero attached hydrogens (tertiary/aromatic N) is 4. The summed E-state index contributed by atoms with van der Waals surface area (Å²) >= 11 is 1.27. The Bertz CT molecular complexity index is 1660. The number of likely N-dealkylation sites (tertiary alicyclic amines) is 1. The Labute approximate surface area is 241 Å². The molecule has 0 atom stereocenters. The minimum Gasteiger partial charge on any atom is -0.342 e. The lowest BCUT2D eigenvalue weighted by atomic mass is 10.0. The molecule has 0 bridgehead atoms. The molecule has 11 heteroatoms. The summed E-state index contributed by atoms with van der Waals surface area (Å²) in [6.07, 6.45) is 3.33. The summed E-state index contributed by atoms with van der Waals surface area (Å²) in [6, 6.07) is 15.2. The lowest BCUT2D eigenvalue weighted by molar-refractivity contribution is -0.131. The first kappa shape index (κ1) is 26.9. The fraction of sp³-hybridized carbons (Fsp3) is 0.367. The van der Waals surface area contributed by atoms with Crippen molar-refractivity contribution in [1.29, 1.82) is 0 Å². The molecule has 1 aliphatic carbocycles. The molecule has 41 heavy (non-hydrogen) atoms. The zero-order chi connectivity index (χ0) is 28.5. The standard InChI is InChI=1S/C30H32N6O4S/c1-19-6-2-3-7-23(19)28(39)35(21-10-11-21)17-26(37)33-29-31-20(18-41-29)16-27(38)34-14-12-22(13-15-34)36-25-9-5-4-8-24(25)32-30(36)40/h2-9,18,21-22H,10-17H2,1H3,(H,32,40)(H,31,33,37). The number of carbonyl (C=O) groups excluding carboxylic acids is 3. The number of thiazole rings is 1. The Hall–Kier alpha value is -4.25. The van der Waals surface area contributed by atoms with Crippen molar-refractivity contribution in [2.45, 2.75) is 51.1 Å². The molecular weight excluding hydrogens is 540 g/mol. The van der Waals surface area contributed by atoms with Crippen molar-refractivity contribution < 1.29 is 14.4 Å². The van der Waals surface area contributed by atoms with E-state index in [-0.39, 0.29) is 48.5 Å². The number of fused-ring (bicyclic) bond motifs is 1. The number of benzene rings is 2. The van der Waals surface area contributed by atoms with Crippen molar-refractivity contribution >= 4 is 45.2 Å². The minimum absolute atomic E-state index is 0.0263. The Morgan fingerprint density at radius 3 is 2.54 bits per heavy atom. The summed E-state index contributed by atoms with van der Waals surface area (Å²) in [5, 5.41) is 5.00. The molecule has 2 aromatic carbocycles. The van der Waals surface area contributed by atoms with Gasteiger partial charge in [0, 0.05) is 36.1 Å². The first-order chi connectivity index (χ1) is 19.9. The van der Waals surface area contributed by atoms with Gasteiger partial charge in [-0.2, -0.15) is 0 Å². The van der Waals surface area contributed by atoms with Crippen molar-refractivity contribution in [2.24, 2.45) is 0 Å². The highest BCUT2D eigenvalue weighted by molar-refractivity contribution is 7.13. The van der Waals surface area contributed by atoms with Gasteiger partial charge >= 0.3 is 5.69 Å². The molecule has 0 spiro atoms. The quantitative estimate of drug-likeness (QED) is 0.333. The molecule has 3 heterocycles. The van der Waals surface area contributed by atoms with Crippen LogP contribution in [0, 0.1) is 6.92 Å². The van der Waals surface area contributed by atoms with Crippen molar-refractivity contribution in [3.63, 3.8) is 0 Å². The molecule has 0 radical (unpaired) electrons. The van der Waals surface area contributed by atoms with Crippen molar-refractivity contribution in [3.05, 3.63) is 81.2 Å². The number of para-hydroxylation sites is 2. The van der Waals surface area contributed by atoms with Gasteiger partial charge in [-0.1, -0.05) is 30.3 Å². The number of hydrogen-bond acceptors (Lipinski definition) is 6. The van der Waals surface area contributed by atoms with Crippen LogP contribution in [0.4, 0.5) is 5.13 Å². The van der Waals surface area contributed by atoms with Gasteiger partial charge in [0.2, 0.25) is 11.8 Å². The predicted octanol–water partition coefficient (Wildman–Crippen LogP) is 3.74. The van der Waals surface area contributed by atoms with Crippen LogP contribution in [0.5, 0.6) is 0 Å². The third-order valence-electron chi connectivity index (χ3n) is 7.87.